The van der Waals surface area contributed by atoms with Gasteiger partial charge < -0.3 is 14.9 Å². The molecule has 0 heterocycles. The summed E-state index contributed by atoms with van der Waals surface area (Å²) in [6, 6.07) is 3.54. The lowest BCUT2D eigenvalue weighted by Gasteiger charge is -2.39. The zero-order chi connectivity index (χ0) is 15.1. The van der Waals surface area contributed by atoms with Crippen LogP contribution in [0, 0.1) is 0 Å². The maximum Gasteiger partial charge on any atom is 0.314 e. The number of methoxy groups -OCH3 is 1. The van der Waals surface area contributed by atoms with Gasteiger partial charge in [-0.25, -0.2) is 0 Å². The standard InChI is InChI=1S/C16H22O4/c1-15(2,3)10-8-11(13(20-4)12(17)9-10)16(14(18)19)6-5-7-16/h8-9,17H,5-7H2,1-4H3,(H,18,19). The first-order chi connectivity index (χ1) is 9.22. The highest BCUT2D eigenvalue weighted by molar-refractivity contribution is 5.84. The lowest BCUT2D eigenvalue weighted by Crippen LogP contribution is -2.42. The molecule has 4 heteroatoms. The fourth-order valence-electron chi connectivity index (χ4n) is 2.75. The van der Waals surface area contributed by atoms with Gasteiger partial charge in [0.2, 0.25) is 0 Å². The summed E-state index contributed by atoms with van der Waals surface area (Å²) < 4.78 is 5.26. The molecule has 1 fully saturated rings. The summed E-state index contributed by atoms with van der Waals surface area (Å²) >= 11 is 0. The second-order valence-electron chi connectivity index (χ2n) is 6.57. The number of aromatic hydroxyl groups is 1. The smallest absolute Gasteiger partial charge is 0.314 e. The monoisotopic (exact) mass is 278 g/mol. The van der Waals surface area contributed by atoms with Gasteiger partial charge in [-0.1, -0.05) is 33.3 Å². The van der Waals surface area contributed by atoms with E-state index in [2.05, 4.69) is 0 Å². The zero-order valence-corrected chi connectivity index (χ0v) is 12.5. The van der Waals surface area contributed by atoms with Crippen molar-refractivity contribution in [1.29, 1.82) is 0 Å². The van der Waals surface area contributed by atoms with E-state index in [0.717, 1.165) is 12.0 Å². The SMILES string of the molecule is COc1c(O)cc(C(C)(C)C)cc1C1(C(=O)O)CCC1. The minimum atomic E-state index is -0.913. The first-order valence-corrected chi connectivity index (χ1v) is 6.88. The Balaban J connectivity index is 2.67. The van der Waals surface area contributed by atoms with Crippen molar-refractivity contribution >= 4 is 5.97 Å². The predicted molar refractivity (Wildman–Crippen MR) is 76.5 cm³/mol. The first kappa shape index (κ1) is 14.7. The number of benzene rings is 1. The molecule has 20 heavy (non-hydrogen) atoms. The Hall–Kier alpha value is -1.71. The highest BCUT2D eigenvalue weighted by Crippen LogP contribution is 2.50. The molecule has 0 bridgehead atoms. The molecule has 1 aromatic rings. The average Bonchev–Trinajstić information content (AvgIpc) is 2.25. The molecule has 2 rings (SSSR count). The van der Waals surface area contributed by atoms with E-state index in [4.69, 9.17) is 4.74 Å². The number of carboxylic acid groups (broad SMARTS) is 1. The van der Waals surface area contributed by atoms with Gasteiger partial charge >= 0.3 is 5.97 Å². The van der Waals surface area contributed by atoms with Crippen LogP contribution in [0.15, 0.2) is 12.1 Å². The molecule has 4 nitrogen and oxygen atoms in total. The molecule has 0 spiro atoms. The Labute approximate surface area is 119 Å². The number of carboxylic acids is 1. The molecule has 2 N–H and O–H groups in total. The normalized spacial score (nSPS) is 17.4. The molecule has 0 radical (unpaired) electrons. The molecule has 0 aliphatic heterocycles. The quantitative estimate of drug-likeness (QED) is 0.891. The van der Waals surface area contributed by atoms with Crippen molar-refractivity contribution in [3.05, 3.63) is 23.3 Å². The summed E-state index contributed by atoms with van der Waals surface area (Å²) in [4.78, 5) is 11.7. The lowest BCUT2D eigenvalue weighted by molar-refractivity contribution is -0.147. The molecule has 1 saturated carbocycles. The van der Waals surface area contributed by atoms with Gasteiger partial charge in [-0.2, -0.15) is 0 Å². The maximum absolute atomic E-state index is 11.7. The number of hydrogen-bond donors (Lipinski definition) is 2. The molecule has 1 aliphatic rings. The van der Waals surface area contributed by atoms with Crippen LogP contribution >= 0.6 is 0 Å². The molecular weight excluding hydrogens is 256 g/mol. The van der Waals surface area contributed by atoms with E-state index in [0.29, 0.717) is 24.2 Å². The van der Waals surface area contributed by atoms with Gasteiger partial charge in [-0.3, -0.25) is 4.79 Å². The number of carbonyl (C=O) groups is 1. The number of aliphatic carboxylic acids is 1. The van der Waals surface area contributed by atoms with Crippen LogP contribution in [0.25, 0.3) is 0 Å². The van der Waals surface area contributed by atoms with Gasteiger partial charge in [-0.05, 0) is 29.9 Å². The highest BCUT2D eigenvalue weighted by Gasteiger charge is 2.48. The van der Waals surface area contributed by atoms with E-state index in [-0.39, 0.29) is 11.2 Å². The van der Waals surface area contributed by atoms with Crippen molar-refractivity contribution in [2.75, 3.05) is 7.11 Å². The molecule has 0 aromatic heterocycles. The van der Waals surface area contributed by atoms with E-state index in [1.807, 2.05) is 26.8 Å². The molecule has 110 valence electrons. The second-order valence-corrected chi connectivity index (χ2v) is 6.57. The van der Waals surface area contributed by atoms with E-state index in [1.54, 1.807) is 6.07 Å². The van der Waals surface area contributed by atoms with Crippen LogP contribution in [0.4, 0.5) is 0 Å². The van der Waals surface area contributed by atoms with Crippen LogP contribution in [-0.2, 0) is 15.6 Å². The summed E-state index contributed by atoms with van der Waals surface area (Å²) in [5, 5.41) is 19.8. The molecule has 0 saturated heterocycles. The maximum atomic E-state index is 11.7. The van der Waals surface area contributed by atoms with E-state index >= 15 is 0 Å². The van der Waals surface area contributed by atoms with Crippen molar-refractivity contribution in [3.8, 4) is 11.5 Å². The Morgan fingerprint density at radius 3 is 2.25 bits per heavy atom. The number of ether oxygens (including phenoxy) is 1. The topological polar surface area (TPSA) is 66.8 Å². The van der Waals surface area contributed by atoms with Crippen molar-refractivity contribution in [1.82, 2.24) is 0 Å². The number of phenolic OH excluding ortho intramolecular Hbond substituents is 1. The van der Waals surface area contributed by atoms with Gasteiger partial charge in [0.1, 0.15) is 0 Å². The van der Waals surface area contributed by atoms with Crippen molar-refractivity contribution in [3.63, 3.8) is 0 Å². The minimum Gasteiger partial charge on any atom is -0.504 e. The molecular formula is C16H22O4. The Morgan fingerprint density at radius 2 is 1.90 bits per heavy atom. The summed E-state index contributed by atoms with van der Waals surface area (Å²) in [5.74, 6) is -0.532. The van der Waals surface area contributed by atoms with Crippen LogP contribution in [0.2, 0.25) is 0 Å². The van der Waals surface area contributed by atoms with Crippen LogP contribution in [0.5, 0.6) is 11.5 Å². The van der Waals surface area contributed by atoms with Crippen molar-refractivity contribution in [2.24, 2.45) is 0 Å². The van der Waals surface area contributed by atoms with Crippen LogP contribution in [-0.4, -0.2) is 23.3 Å². The molecule has 0 amide bonds. The van der Waals surface area contributed by atoms with Gasteiger partial charge in [0.05, 0.1) is 12.5 Å². The van der Waals surface area contributed by atoms with E-state index in [1.165, 1.54) is 7.11 Å². The molecule has 0 unspecified atom stereocenters. The first-order valence-electron chi connectivity index (χ1n) is 6.88. The van der Waals surface area contributed by atoms with Crippen molar-refractivity contribution < 1.29 is 19.7 Å². The Kier molecular flexibility index (Phi) is 3.44. The summed E-state index contributed by atoms with van der Waals surface area (Å²) in [6.07, 6.45) is 2.06. The fraction of sp³-hybridized carbons (Fsp3) is 0.562. The molecule has 1 aromatic carbocycles. The van der Waals surface area contributed by atoms with Crippen LogP contribution < -0.4 is 4.74 Å². The second kappa shape index (κ2) is 4.69. The van der Waals surface area contributed by atoms with Gasteiger partial charge in [0, 0.05) is 5.56 Å². The third kappa shape index (κ3) is 2.13. The minimum absolute atomic E-state index is 0.0162. The molecule has 0 atom stereocenters. The number of phenols is 1. The summed E-state index contributed by atoms with van der Waals surface area (Å²) in [6.45, 7) is 6.10. The van der Waals surface area contributed by atoms with Gasteiger partial charge in [-0.15, -0.1) is 0 Å². The largest absolute Gasteiger partial charge is 0.504 e. The highest BCUT2D eigenvalue weighted by atomic mass is 16.5. The van der Waals surface area contributed by atoms with Gasteiger partial charge in [0.25, 0.3) is 0 Å². The summed E-state index contributed by atoms with van der Waals surface area (Å²) in [7, 11) is 1.46. The predicted octanol–water partition coefficient (Wildman–Crippen LogP) is 3.20. The fourth-order valence-corrected chi connectivity index (χ4v) is 2.75. The number of hydrogen-bond acceptors (Lipinski definition) is 3. The lowest BCUT2D eigenvalue weighted by atomic mass is 9.63. The van der Waals surface area contributed by atoms with Crippen LogP contribution in [0.3, 0.4) is 0 Å². The van der Waals surface area contributed by atoms with E-state index in [9.17, 15) is 15.0 Å². The Morgan fingerprint density at radius 1 is 1.30 bits per heavy atom. The average molecular weight is 278 g/mol. The third-order valence-electron chi connectivity index (χ3n) is 4.27. The number of rotatable bonds is 3. The summed E-state index contributed by atoms with van der Waals surface area (Å²) in [5.41, 5.74) is 0.438. The zero-order valence-electron chi connectivity index (χ0n) is 12.5. The van der Waals surface area contributed by atoms with E-state index < -0.39 is 11.4 Å². The third-order valence-corrected chi connectivity index (χ3v) is 4.27. The Bertz CT molecular complexity index is 536. The molecule has 1 aliphatic carbocycles. The van der Waals surface area contributed by atoms with Crippen molar-refractivity contribution in [2.45, 2.75) is 50.9 Å². The van der Waals surface area contributed by atoms with Gasteiger partial charge in [0.15, 0.2) is 11.5 Å². The van der Waals surface area contributed by atoms with Crippen LogP contribution in [0.1, 0.15) is 51.2 Å².